The van der Waals surface area contributed by atoms with Crippen molar-refractivity contribution in [1.82, 2.24) is 0 Å². The van der Waals surface area contributed by atoms with E-state index >= 15 is 0 Å². The van der Waals surface area contributed by atoms with Crippen LogP contribution in [-0.4, -0.2) is 33.5 Å². The lowest BCUT2D eigenvalue weighted by Crippen LogP contribution is -2.34. The van der Waals surface area contributed by atoms with E-state index in [0.29, 0.717) is 0 Å². The van der Waals surface area contributed by atoms with Crippen molar-refractivity contribution >= 4 is 10.1 Å². The average Bonchev–Trinajstić information content (AvgIpc) is 2.17. The molecule has 0 aromatic heterocycles. The number of hydrogen-bond donors (Lipinski definition) is 0. The van der Waals surface area contributed by atoms with Crippen LogP contribution >= 0.6 is 0 Å². The van der Waals surface area contributed by atoms with Crippen LogP contribution in [0.25, 0.3) is 0 Å². The largest absolute Gasteiger partial charge is 0.378 e. The molecule has 2 unspecified atom stereocenters. The fraction of sp³-hybridized carbons (Fsp3) is 1.00. The van der Waals surface area contributed by atoms with Gasteiger partial charge in [-0.3, -0.25) is 4.18 Å². The molecule has 0 N–H and O–H groups in total. The standard InChI is InChI=1S/C10H20O4S/c1-3-10-9(6-5-7-13-10)8-15(11,12)14-4-2/h9-10H,3-8H2,1-2H3. The molecule has 5 heteroatoms. The van der Waals surface area contributed by atoms with E-state index in [1.54, 1.807) is 6.92 Å². The molecule has 2 atom stereocenters. The van der Waals surface area contributed by atoms with Gasteiger partial charge < -0.3 is 4.74 Å². The van der Waals surface area contributed by atoms with Crippen molar-refractivity contribution in [3.8, 4) is 0 Å². The second-order valence-electron chi connectivity index (χ2n) is 3.85. The van der Waals surface area contributed by atoms with Gasteiger partial charge in [-0.15, -0.1) is 0 Å². The van der Waals surface area contributed by atoms with Crippen molar-refractivity contribution in [1.29, 1.82) is 0 Å². The molecule has 1 aliphatic rings. The summed E-state index contributed by atoms with van der Waals surface area (Å²) in [6, 6.07) is 0. The minimum absolute atomic E-state index is 0.0778. The lowest BCUT2D eigenvalue weighted by molar-refractivity contribution is -0.0212. The Morgan fingerprint density at radius 1 is 1.40 bits per heavy atom. The molecule has 0 spiro atoms. The van der Waals surface area contributed by atoms with Crippen LogP contribution < -0.4 is 0 Å². The fourth-order valence-corrected chi connectivity index (χ4v) is 3.39. The zero-order chi connectivity index (χ0) is 11.3. The number of hydrogen-bond acceptors (Lipinski definition) is 4. The van der Waals surface area contributed by atoms with Crippen molar-refractivity contribution < 1.29 is 17.3 Å². The quantitative estimate of drug-likeness (QED) is 0.680. The zero-order valence-electron chi connectivity index (χ0n) is 9.44. The second kappa shape index (κ2) is 5.82. The monoisotopic (exact) mass is 236 g/mol. The summed E-state index contributed by atoms with van der Waals surface area (Å²) in [7, 11) is -3.35. The lowest BCUT2D eigenvalue weighted by atomic mass is 9.95. The summed E-state index contributed by atoms with van der Waals surface area (Å²) in [5.74, 6) is 0.194. The van der Waals surface area contributed by atoms with Gasteiger partial charge in [0.15, 0.2) is 0 Å². The van der Waals surface area contributed by atoms with E-state index in [2.05, 4.69) is 0 Å². The summed E-state index contributed by atoms with van der Waals surface area (Å²) in [5, 5.41) is 0. The minimum Gasteiger partial charge on any atom is -0.378 e. The van der Waals surface area contributed by atoms with Crippen molar-refractivity contribution in [2.75, 3.05) is 19.0 Å². The molecule has 1 saturated heterocycles. The van der Waals surface area contributed by atoms with Crippen LogP contribution in [0.1, 0.15) is 33.1 Å². The smallest absolute Gasteiger partial charge is 0.267 e. The van der Waals surface area contributed by atoms with Gasteiger partial charge in [0.25, 0.3) is 10.1 Å². The zero-order valence-corrected chi connectivity index (χ0v) is 10.3. The molecule has 1 fully saturated rings. The van der Waals surface area contributed by atoms with Gasteiger partial charge in [0.1, 0.15) is 0 Å². The van der Waals surface area contributed by atoms with Gasteiger partial charge >= 0.3 is 0 Å². The van der Waals surface area contributed by atoms with Crippen molar-refractivity contribution in [3.05, 3.63) is 0 Å². The molecule has 0 radical (unpaired) electrons. The number of ether oxygens (including phenoxy) is 1. The maximum absolute atomic E-state index is 11.5. The molecular formula is C10H20O4S. The molecule has 0 aromatic carbocycles. The van der Waals surface area contributed by atoms with Gasteiger partial charge in [-0.2, -0.15) is 8.42 Å². The first-order chi connectivity index (χ1) is 7.09. The van der Waals surface area contributed by atoms with Crippen molar-refractivity contribution in [2.45, 2.75) is 39.2 Å². The third-order valence-electron chi connectivity index (χ3n) is 2.69. The Morgan fingerprint density at radius 3 is 2.73 bits per heavy atom. The topological polar surface area (TPSA) is 52.6 Å². The molecule has 4 nitrogen and oxygen atoms in total. The van der Waals surface area contributed by atoms with Crippen LogP contribution in [0.15, 0.2) is 0 Å². The molecule has 1 rings (SSSR count). The molecule has 0 amide bonds. The Balaban J connectivity index is 2.54. The first-order valence-electron chi connectivity index (χ1n) is 5.57. The van der Waals surface area contributed by atoms with Crippen LogP contribution in [0.3, 0.4) is 0 Å². The Bertz CT molecular complexity index is 273. The summed E-state index contributed by atoms with van der Waals surface area (Å²) < 4.78 is 33.3. The normalized spacial score (nSPS) is 27.9. The molecule has 90 valence electrons. The maximum Gasteiger partial charge on any atom is 0.267 e. The predicted molar refractivity (Wildman–Crippen MR) is 58.2 cm³/mol. The first-order valence-corrected chi connectivity index (χ1v) is 7.15. The van der Waals surface area contributed by atoms with E-state index in [9.17, 15) is 8.42 Å². The van der Waals surface area contributed by atoms with Gasteiger partial charge in [-0.1, -0.05) is 6.92 Å². The third-order valence-corrected chi connectivity index (χ3v) is 4.13. The van der Waals surface area contributed by atoms with Gasteiger partial charge in [0.2, 0.25) is 0 Å². The Hall–Kier alpha value is -0.130. The molecule has 0 bridgehead atoms. The van der Waals surface area contributed by atoms with E-state index in [1.165, 1.54) is 0 Å². The van der Waals surface area contributed by atoms with E-state index in [-0.39, 0.29) is 24.4 Å². The van der Waals surface area contributed by atoms with E-state index in [1.807, 2.05) is 6.92 Å². The average molecular weight is 236 g/mol. The highest BCUT2D eigenvalue weighted by Crippen LogP contribution is 2.24. The Kier molecular flexibility index (Phi) is 5.02. The number of rotatable bonds is 5. The van der Waals surface area contributed by atoms with Gasteiger partial charge in [-0.05, 0) is 26.2 Å². The third kappa shape index (κ3) is 4.09. The van der Waals surface area contributed by atoms with Crippen LogP contribution in [0.5, 0.6) is 0 Å². The summed E-state index contributed by atoms with van der Waals surface area (Å²) in [6.45, 7) is 4.68. The maximum atomic E-state index is 11.5. The van der Waals surface area contributed by atoms with Crippen molar-refractivity contribution in [2.24, 2.45) is 5.92 Å². The van der Waals surface area contributed by atoms with E-state index in [0.717, 1.165) is 25.9 Å². The minimum atomic E-state index is -3.35. The van der Waals surface area contributed by atoms with Crippen LogP contribution in [0.4, 0.5) is 0 Å². The fourth-order valence-electron chi connectivity index (χ4n) is 2.03. The Morgan fingerprint density at radius 2 is 2.13 bits per heavy atom. The lowest BCUT2D eigenvalue weighted by Gasteiger charge is -2.30. The summed E-state index contributed by atoms with van der Waals surface area (Å²) in [5.41, 5.74) is 0. The summed E-state index contributed by atoms with van der Waals surface area (Å²) in [4.78, 5) is 0. The molecule has 0 aromatic rings. The summed E-state index contributed by atoms with van der Waals surface area (Å²) >= 11 is 0. The van der Waals surface area contributed by atoms with E-state index < -0.39 is 10.1 Å². The highest BCUT2D eigenvalue weighted by molar-refractivity contribution is 7.86. The first kappa shape index (κ1) is 12.9. The van der Waals surface area contributed by atoms with E-state index in [4.69, 9.17) is 8.92 Å². The van der Waals surface area contributed by atoms with Crippen LogP contribution in [0, 0.1) is 5.92 Å². The van der Waals surface area contributed by atoms with Crippen molar-refractivity contribution in [3.63, 3.8) is 0 Å². The highest BCUT2D eigenvalue weighted by Gasteiger charge is 2.29. The molecule has 1 heterocycles. The molecular weight excluding hydrogens is 216 g/mol. The van der Waals surface area contributed by atoms with Gasteiger partial charge in [-0.25, -0.2) is 0 Å². The molecule has 0 aliphatic carbocycles. The van der Waals surface area contributed by atoms with Crippen LogP contribution in [-0.2, 0) is 19.0 Å². The summed E-state index contributed by atoms with van der Waals surface area (Å²) in [6.07, 6.45) is 2.81. The van der Waals surface area contributed by atoms with Gasteiger partial charge in [0.05, 0.1) is 18.5 Å². The molecule has 15 heavy (non-hydrogen) atoms. The predicted octanol–water partition coefficient (Wildman–Crippen LogP) is 1.56. The highest BCUT2D eigenvalue weighted by atomic mass is 32.2. The van der Waals surface area contributed by atoms with Crippen LogP contribution in [0.2, 0.25) is 0 Å². The second-order valence-corrected chi connectivity index (χ2v) is 5.54. The molecule has 1 aliphatic heterocycles. The molecule has 0 saturated carbocycles. The van der Waals surface area contributed by atoms with Gasteiger partial charge in [0, 0.05) is 12.5 Å². The SMILES string of the molecule is CCOS(=O)(=O)CC1CCCOC1CC. The Labute approximate surface area is 92.1 Å².